The van der Waals surface area contributed by atoms with Gasteiger partial charge in [-0.05, 0) is 24.5 Å². The van der Waals surface area contributed by atoms with Gasteiger partial charge in [0.05, 0.1) is 0 Å². The molecule has 0 saturated heterocycles. The van der Waals surface area contributed by atoms with Crippen LogP contribution in [-0.4, -0.2) is 34.3 Å². The first-order chi connectivity index (χ1) is 12.7. The molecule has 1 aromatic heterocycles. The van der Waals surface area contributed by atoms with Crippen LogP contribution in [0.4, 0.5) is 5.13 Å². The number of carbonyl (C=O) groups is 2. The third-order valence-corrected chi connectivity index (χ3v) is 5.20. The van der Waals surface area contributed by atoms with E-state index < -0.39 is 0 Å². The smallest absolute Gasteiger partial charge is 0.247 e. The van der Waals surface area contributed by atoms with Crippen molar-refractivity contribution in [2.24, 2.45) is 0 Å². The molecule has 0 radical (unpaired) electrons. The van der Waals surface area contributed by atoms with Crippen LogP contribution in [0.15, 0.2) is 48.0 Å². The lowest BCUT2D eigenvalue weighted by Gasteiger charge is -2.33. The number of anilines is 1. The van der Waals surface area contributed by atoms with Crippen LogP contribution in [0.3, 0.4) is 0 Å². The van der Waals surface area contributed by atoms with E-state index in [0.29, 0.717) is 5.13 Å². The minimum absolute atomic E-state index is 0.0577. The van der Waals surface area contributed by atoms with Crippen molar-refractivity contribution in [2.75, 3.05) is 11.9 Å². The van der Waals surface area contributed by atoms with E-state index in [9.17, 15) is 9.59 Å². The Morgan fingerprint density at radius 2 is 1.96 bits per heavy atom. The van der Waals surface area contributed by atoms with Crippen LogP contribution in [0.5, 0.6) is 0 Å². The number of rotatable bonds is 6. The maximum Gasteiger partial charge on any atom is 0.247 e. The predicted molar refractivity (Wildman–Crippen MR) is 105 cm³/mol. The normalized spacial score (nSPS) is 15.1. The Morgan fingerprint density at radius 3 is 2.65 bits per heavy atom. The van der Waals surface area contributed by atoms with E-state index in [1.807, 2.05) is 35.7 Å². The van der Waals surface area contributed by atoms with Crippen LogP contribution in [-0.2, 0) is 9.59 Å². The number of amides is 2. The molecular formula is C20H23N3O2S. The zero-order chi connectivity index (χ0) is 18.2. The lowest BCUT2D eigenvalue weighted by molar-refractivity contribution is -0.133. The van der Waals surface area contributed by atoms with Crippen molar-refractivity contribution in [3.63, 3.8) is 0 Å². The van der Waals surface area contributed by atoms with Crippen LogP contribution < -0.4 is 5.32 Å². The van der Waals surface area contributed by atoms with Crippen molar-refractivity contribution in [2.45, 2.75) is 38.1 Å². The quantitative estimate of drug-likeness (QED) is 0.784. The van der Waals surface area contributed by atoms with E-state index >= 15 is 0 Å². The highest BCUT2D eigenvalue weighted by atomic mass is 32.1. The summed E-state index contributed by atoms with van der Waals surface area (Å²) in [7, 11) is 0. The van der Waals surface area contributed by atoms with Gasteiger partial charge in [-0.3, -0.25) is 9.59 Å². The van der Waals surface area contributed by atoms with Crippen molar-refractivity contribution in [1.29, 1.82) is 0 Å². The Balaban J connectivity index is 1.68. The van der Waals surface area contributed by atoms with E-state index in [-0.39, 0.29) is 24.4 Å². The molecule has 1 saturated carbocycles. The van der Waals surface area contributed by atoms with Crippen LogP contribution in [0.1, 0.15) is 37.7 Å². The van der Waals surface area contributed by atoms with Gasteiger partial charge in [-0.1, -0.05) is 49.6 Å². The van der Waals surface area contributed by atoms with Crippen molar-refractivity contribution in [1.82, 2.24) is 9.88 Å². The van der Waals surface area contributed by atoms with Gasteiger partial charge in [0, 0.05) is 23.7 Å². The number of hydrogen-bond acceptors (Lipinski definition) is 4. The number of nitrogens with one attached hydrogen (secondary N) is 1. The van der Waals surface area contributed by atoms with Gasteiger partial charge >= 0.3 is 0 Å². The number of benzene rings is 1. The van der Waals surface area contributed by atoms with Gasteiger partial charge < -0.3 is 10.2 Å². The van der Waals surface area contributed by atoms with Crippen molar-refractivity contribution < 1.29 is 9.59 Å². The molecule has 1 aliphatic rings. The van der Waals surface area contributed by atoms with Crippen molar-refractivity contribution in [3.05, 3.63) is 53.5 Å². The first kappa shape index (κ1) is 18.3. The van der Waals surface area contributed by atoms with Crippen molar-refractivity contribution in [3.8, 4) is 0 Å². The first-order valence-electron chi connectivity index (χ1n) is 8.95. The molecule has 0 aliphatic heterocycles. The minimum Gasteiger partial charge on any atom is -0.327 e. The SMILES string of the molecule is O=C(CN(C(=O)C=Cc1ccccc1)C1CCCCC1)Nc1nccs1. The zero-order valence-electron chi connectivity index (χ0n) is 14.6. The second kappa shape index (κ2) is 9.29. The summed E-state index contributed by atoms with van der Waals surface area (Å²) < 4.78 is 0. The maximum absolute atomic E-state index is 12.8. The van der Waals surface area contributed by atoms with Crippen LogP contribution in [0, 0.1) is 0 Å². The molecule has 0 bridgehead atoms. The van der Waals surface area contributed by atoms with Crippen LogP contribution in [0.25, 0.3) is 6.08 Å². The third kappa shape index (κ3) is 5.26. The standard InChI is InChI=1S/C20H23N3O2S/c24-18(22-20-21-13-14-26-20)15-23(17-9-5-2-6-10-17)19(25)12-11-16-7-3-1-4-8-16/h1,3-4,7-8,11-14,17H,2,5-6,9-10,15H2,(H,21,22,24). The third-order valence-electron chi connectivity index (χ3n) is 4.51. The number of hydrogen-bond donors (Lipinski definition) is 1. The molecule has 1 fully saturated rings. The summed E-state index contributed by atoms with van der Waals surface area (Å²) in [5.74, 6) is -0.318. The van der Waals surface area contributed by atoms with E-state index in [1.165, 1.54) is 17.8 Å². The second-order valence-corrected chi connectivity index (χ2v) is 7.28. The fraction of sp³-hybridized carbons (Fsp3) is 0.350. The molecule has 1 aliphatic carbocycles. The molecular weight excluding hydrogens is 346 g/mol. The monoisotopic (exact) mass is 369 g/mol. The molecule has 136 valence electrons. The molecule has 2 amide bonds. The van der Waals surface area contributed by atoms with Gasteiger partial charge in [-0.2, -0.15) is 0 Å². The van der Waals surface area contributed by atoms with E-state index in [4.69, 9.17) is 0 Å². The molecule has 1 heterocycles. The summed E-state index contributed by atoms with van der Waals surface area (Å²) >= 11 is 1.37. The van der Waals surface area contributed by atoms with Crippen LogP contribution in [0.2, 0.25) is 0 Å². The largest absolute Gasteiger partial charge is 0.327 e. The predicted octanol–water partition coefficient (Wildman–Crippen LogP) is 3.96. The number of nitrogens with zero attached hydrogens (tertiary/aromatic N) is 2. The molecule has 0 unspecified atom stereocenters. The highest BCUT2D eigenvalue weighted by molar-refractivity contribution is 7.13. The van der Waals surface area contributed by atoms with E-state index in [0.717, 1.165) is 31.2 Å². The Labute approximate surface area is 157 Å². The Bertz CT molecular complexity index is 738. The molecule has 0 spiro atoms. The lowest BCUT2D eigenvalue weighted by Crippen LogP contribution is -2.45. The fourth-order valence-corrected chi connectivity index (χ4v) is 3.75. The molecule has 0 atom stereocenters. The molecule has 1 N–H and O–H groups in total. The summed E-state index contributed by atoms with van der Waals surface area (Å²) in [6, 6.07) is 9.83. The van der Waals surface area contributed by atoms with Gasteiger partial charge in [0.25, 0.3) is 0 Å². The second-order valence-electron chi connectivity index (χ2n) is 6.39. The maximum atomic E-state index is 12.8. The van der Waals surface area contributed by atoms with Gasteiger partial charge in [-0.25, -0.2) is 4.98 Å². The minimum atomic E-state index is -0.202. The van der Waals surface area contributed by atoms with Gasteiger partial charge in [0.1, 0.15) is 6.54 Å². The lowest BCUT2D eigenvalue weighted by atomic mass is 9.94. The molecule has 6 heteroatoms. The Kier molecular flexibility index (Phi) is 6.55. The molecule has 3 rings (SSSR count). The van der Waals surface area contributed by atoms with Gasteiger partial charge in [0.15, 0.2) is 5.13 Å². The van der Waals surface area contributed by atoms with E-state index in [1.54, 1.807) is 23.2 Å². The van der Waals surface area contributed by atoms with E-state index in [2.05, 4.69) is 10.3 Å². The summed E-state index contributed by atoms with van der Waals surface area (Å²) in [6.07, 6.45) is 10.3. The average molecular weight is 369 g/mol. The summed E-state index contributed by atoms with van der Waals surface area (Å²) in [4.78, 5) is 31.0. The van der Waals surface area contributed by atoms with Gasteiger partial charge in [-0.15, -0.1) is 11.3 Å². The fourth-order valence-electron chi connectivity index (χ4n) is 3.21. The Hall–Kier alpha value is -2.47. The van der Waals surface area contributed by atoms with Gasteiger partial charge in [0.2, 0.25) is 11.8 Å². The topological polar surface area (TPSA) is 62.3 Å². The van der Waals surface area contributed by atoms with Crippen molar-refractivity contribution >= 4 is 34.4 Å². The first-order valence-corrected chi connectivity index (χ1v) is 9.83. The highest BCUT2D eigenvalue weighted by Crippen LogP contribution is 2.23. The molecule has 26 heavy (non-hydrogen) atoms. The summed E-state index contributed by atoms with van der Waals surface area (Å²) in [5, 5.41) is 5.14. The average Bonchev–Trinajstić information content (AvgIpc) is 3.18. The van der Waals surface area contributed by atoms with Crippen LogP contribution >= 0.6 is 11.3 Å². The number of carbonyl (C=O) groups excluding carboxylic acids is 2. The molecule has 2 aromatic rings. The number of aromatic nitrogens is 1. The number of thiazole rings is 1. The highest BCUT2D eigenvalue weighted by Gasteiger charge is 2.26. The summed E-state index contributed by atoms with van der Waals surface area (Å²) in [5.41, 5.74) is 0.969. The Morgan fingerprint density at radius 1 is 1.19 bits per heavy atom. The molecule has 5 nitrogen and oxygen atoms in total. The zero-order valence-corrected chi connectivity index (χ0v) is 15.5. The molecule has 1 aromatic carbocycles. The summed E-state index contributed by atoms with van der Waals surface area (Å²) in [6.45, 7) is 0.0577.